The zero-order chi connectivity index (χ0) is 16.4. The van der Waals surface area contributed by atoms with Crippen molar-refractivity contribution in [2.45, 2.75) is 19.4 Å². The van der Waals surface area contributed by atoms with Crippen LogP contribution in [0, 0.1) is 6.92 Å². The number of hydrogen-bond acceptors (Lipinski definition) is 4. The highest BCUT2D eigenvalue weighted by molar-refractivity contribution is 7.91. The van der Waals surface area contributed by atoms with E-state index in [0.29, 0.717) is 18.8 Å². The van der Waals surface area contributed by atoms with Gasteiger partial charge in [-0.2, -0.15) is 0 Å². The molecule has 6 nitrogen and oxygen atoms in total. The molecule has 1 aromatic carbocycles. The maximum absolute atomic E-state index is 12.3. The highest BCUT2D eigenvalue weighted by atomic mass is 32.2. The van der Waals surface area contributed by atoms with Gasteiger partial charge in [0, 0.05) is 37.9 Å². The third kappa shape index (κ3) is 4.03. The van der Waals surface area contributed by atoms with Crippen LogP contribution in [-0.2, 0) is 9.84 Å². The first kappa shape index (κ1) is 16.3. The van der Waals surface area contributed by atoms with Crippen LogP contribution in [0.25, 0.3) is 0 Å². The Morgan fingerprint density at radius 1 is 1.13 bits per heavy atom. The normalized spacial score (nSPS) is 24.6. The SMILES string of the molecule is Cc1ccc(NC(=O)N2CCN([C@@H]3CCS(=O)(=O)C3)CC2)cc1. The second-order valence-corrected chi connectivity index (χ2v) is 8.60. The van der Waals surface area contributed by atoms with E-state index in [1.54, 1.807) is 4.90 Å². The van der Waals surface area contributed by atoms with Gasteiger partial charge in [0.1, 0.15) is 0 Å². The molecule has 0 radical (unpaired) electrons. The van der Waals surface area contributed by atoms with E-state index in [2.05, 4.69) is 10.2 Å². The molecule has 2 amide bonds. The molecular weight excluding hydrogens is 314 g/mol. The fraction of sp³-hybridized carbons (Fsp3) is 0.562. The number of nitrogens with one attached hydrogen (secondary N) is 1. The smallest absolute Gasteiger partial charge is 0.321 e. The minimum absolute atomic E-state index is 0.0902. The number of rotatable bonds is 2. The van der Waals surface area contributed by atoms with Gasteiger partial charge in [-0.3, -0.25) is 4.90 Å². The van der Waals surface area contributed by atoms with Gasteiger partial charge in [0.15, 0.2) is 9.84 Å². The minimum Gasteiger partial charge on any atom is -0.322 e. The van der Waals surface area contributed by atoms with E-state index in [9.17, 15) is 13.2 Å². The molecule has 0 saturated carbocycles. The fourth-order valence-electron chi connectivity index (χ4n) is 3.19. The lowest BCUT2D eigenvalue weighted by atomic mass is 10.2. The van der Waals surface area contributed by atoms with Crippen LogP contribution in [0.1, 0.15) is 12.0 Å². The zero-order valence-electron chi connectivity index (χ0n) is 13.4. The Kier molecular flexibility index (Phi) is 4.59. The van der Waals surface area contributed by atoms with Crippen LogP contribution in [0.4, 0.5) is 10.5 Å². The van der Waals surface area contributed by atoms with Gasteiger partial charge in [-0.15, -0.1) is 0 Å². The first-order chi connectivity index (χ1) is 10.9. The van der Waals surface area contributed by atoms with E-state index < -0.39 is 9.84 Å². The first-order valence-corrected chi connectivity index (χ1v) is 9.82. The molecular formula is C16H23N3O3S. The summed E-state index contributed by atoms with van der Waals surface area (Å²) in [5, 5.41) is 2.91. The second-order valence-electron chi connectivity index (χ2n) is 6.38. The van der Waals surface area contributed by atoms with Crippen LogP contribution >= 0.6 is 0 Å². The number of amides is 2. The Bertz CT molecular complexity index is 664. The highest BCUT2D eigenvalue weighted by Gasteiger charge is 2.34. The number of piperazine rings is 1. The third-order valence-corrected chi connectivity index (χ3v) is 6.38. The Morgan fingerprint density at radius 3 is 2.35 bits per heavy atom. The molecule has 1 atom stereocenters. The van der Waals surface area contributed by atoms with Crippen molar-refractivity contribution in [2.24, 2.45) is 0 Å². The Balaban J connectivity index is 1.50. The average molecular weight is 337 g/mol. The predicted molar refractivity (Wildman–Crippen MR) is 90.4 cm³/mol. The highest BCUT2D eigenvalue weighted by Crippen LogP contribution is 2.19. The van der Waals surface area contributed by atoms with Crippen molar-refractivity contribution >= 4 is 21.6 Å². The van der Waals surface area contributed by atoms with Crippen LogP contribution in [0.2, 0.25) is 0 Å². The molecule has 2 aliphatic heterocycles. The molecule has 0 aliphatic carbocycles. The number of carbonyl (C=O) groups is 1. The van der Waals surface area contributed by atoms with E-state index in [0.717, 1.165) is 30.8 Å². The van der Waals surface area contributed by atoms with Crippen molar-refractivity contribution in [3.05, 3.63) is 29.8 Å². The van der Waals surface area contributed by atoms with E-state index in [1.807, 2.05) is 31.2 Å². The number of benzene rings is 1. The van der Waals surface area contributed by atoms with Gasteiger partial charge in [-0.1, -0.05) is 17.7 Å². The molecule has 7 heteroatoms. The van der Waals surface area contributed by atoms with Gasteiger partial charge in [-0.25, -0.2) is 13.2 Å². The molecule has 2 fully saturated rings. The van der Waals surface area contributed by atoms with Crippen LogP contribution in [0.3, 0.4) is 0 Å². The van der Waals surface area contributed by atoms with Crippen molar-refractivity contribution in [1.82, 2.24) is 9.80 Å². The number of anilines is 1. The first-order valence-electron chi connectivity index (χ1n) is 8.00. The van der Waals surface area contributed by atoms with Crippen molar-refractivity contribution in [3.8, 4) is 0 Å². The molecule has 2 heterocycles. The summed E-state index contributed by atoms with van der Waals surface area (Å²) in [5.41, 5.74) is 1.95. The standard InChI is InChI=1S/C16H23N3O3S/c1-13-2-4-14(5-3-13)17-16(20)19-9-7-18(8-10-19)15-6-11-23(21,22)12-15/h2-5,15H,6-12H2,1H3,(H,17,20)/t15-/m1/s1. The van der Waals surface area contributed by atoms with Crippen molar-refractivity contribution < 1.29 is 13.2 Å². The zero-order valence-corrected chi connectivity index (χ0v) is 14.2. The van der Waals surface area contributed by atoms with Gasteiger partial charge in [-0.05, 0) is 25.5 Å². The summed E-state index contributed by atoms with van der Waals surface area (Å²) in [6.07, 6.45) is 0.720. The maximum atomic E-state index is 12.3. The number of carbonyl (C=O) groups excluding carboxylic acids is 1. The lowest BCUT2D eigenvalue weighted by Gasteiger charge is -2.37. The number of aryl methyl sites for hydroxylation is 1. The average Bonchev–Trinajstić information content (AvgIpc) is 2.90. The molecule has 0 aromatic heterocycles. The second kappa shape index (κ2) is 6.49. The predicted octanol–water partition coefficient (Wildman–Crippen LogP) is 1.33. The summed E-state index contributed by atoms with van der Waals surface area (Å²) < 4.78 is 23.2. The third-order valence-electron chi connectivity index (χ3n) is 4.63. The van der Waals surface area contributed by atoms with Gasteiger partial charge < -0.3 is 10.2 Å². The topological polar surface area (TPSA) is 69.7 Å². The summed E-state index contributed by atoms with van der Waals surface area (Å²) >= 11 is 0. The van der Waals surface area contributed by atoms with Gasteiger partial charge in [0.05, 0.1) is 11.5 Å². The number of sulfone groups is 1. The Hall–Kier alpha value is -1.60. The molecule has 2 aliphatic rings. The molecule has 0 bridgehead atoms. The minimum atomic E-state index is -2.85. The van der Waals surface area contributed by atoms with E-state index in [4.69, 9.17) is 0 Å². The fourth-order valence-corrected chi connectivity index (χ4v) is 4.95. The molecule has 126 valence electrons. The van der Waals surface area contributed by atoms with E-state index in [1.165, 1.54) is 0 Å². The summed E-state index contributed by atoms with van der Waals surface area (Å²) in [4.78, 5) is 16.3. The van der Waals surface area contributed by atoms with Gasteiger partial charge in [0.2, 0.25) is 0 Å². The van der Waals surface area contributed by atoms with Crippen LogP contribution < -0.4 is 5.32 Å². The molecule has 0 unspecified atom stereocenters. The van der Waals surface area contributed by atoms with Crippen LogP contribution in [-0.4, -0.2) is 68.0 Å². The number of urea groups is 1. The lowest BCUT2D eigenvalue weighted by molar-refractivity contribution is 0.121. The van der Waals surface area contributed by atoms with Crippen LogP contribution in [0.5, 0.6) is 0 Å². The summed E-state index contributed by atoms with van der Waals surface area (Å²) in [5.74, 6) is 0.564. The number of nitrogens with zero attached hydrogens (tertiary/aromatic N) is 2. The molecule has 23 heavy (non-hydrogen) atoms. The van der Waals surface area contributed by atoms with Crippen molar-refractivity contribution in [1.29, 1.82) is 0 Å². The molecule has 1 aromatic rings. The number of hydrogen-bond donors (Lipinski definition) is 1. The van der Waals surface area contributed by atoms with Crippen molar-refractivity contribution in [3.63, 3.8) is 0 Å². The Morgan fingerprint density at radius 2 is 1.78 bits per heavy atom. The summed E-state index contributed by atoms with van der Waals surface area (Å²) in [6.45, 7) is 4.75. The van der Waals surface area contributed by atoms with Gasteiger partial charge in [0.25, 0.3) is 0 Å². The molecule has 1 N–H and O–H groups in total. The summed E-state index contributed by atoms with van der Waals surface area (Å²) in [7, 11) is -2.85. The summed E-state index contributed by atoms with van der Waals surface area (Å²) in [6, 6.07) is 7.76. The lowest BCUT2D eigenvalue weighted by Crippen LogP contribution is -2.53. The maximum Gasteiger partial charge on any atom is 0.321 e. The van der Waals surface area contributed by atoms with E-state index in [-0.39, 0.29) is 17.8 Å². The van der Waals surface area contributed by atoms with Gasteiger partial charge >= 0.3 is 6.03 Å². The van der Waals surface area contributed by atoms with Crippen molar-refractivity contribution in [2.75, 3.05) is 43.0 Å². The largest absolute Gasteiger partial charge is 0.322 e. The molecule has 2 saturated heterocycles. The van der Waals surface area contributed by atoms with Crippen LogP contribution in [0.15, 0.2) is 24.3 Å². The quantitative estimate of drug-likeness (QED) is 0.884. The molecule has 0 spiro atoms. The monoisotopic (exact) mass is 337 g/mol. The Labute approximate surface area is 137 Å². The van der Waals surface area contributed by atoms with E-state index >= 15 is 0 Å². The molecule has 3 rings (SSSR count).